The Morgan fingerprint density at radius 2 is 1.95 bits per heavy atom. The van der Waals surface area contributed by atoms with E-state index < -0.39 is 6.10 Å². The second-order valence-corrected chi connectivity index (χ2v) is 5.49. The van der Waals surface area contributed by atoms with Crippen molar-refractivity contribution in [3.8, 4) is 5.75 Å². The van der Waals surface area contributed by atoms with Crippen LogP contribution in [0.2, 0.25) is 0 Å². The highest BCUT2D eigenvalue weighted by Crippen LogP contribution is 2.29. The highest BCUT2D eigenvalue weighted by atomic mass is 79.9. The Hall–Kier alpha value is -1.32. The van der Waals surface area contributed by atoms with E-state index in [2.05, 4.69) is 35.0 Å². The molecule has 0 saturated heterocycles. The number of halogens is 1. The van der Waals surface area contributed by atoms with Crippen molar-refractivity contribution in [3.63, 3.8) is 0 Å². The smallest absolute Gasteiger partial charge is 0.126 e. The molecule has 0 aliphatic rings. The molecular formula is C16H17BrO2. The van der Waals surface area contributed by atoms with E-state index in [-0.39, 0.29) is 0 Å². The first kappa shape index (κ1) is 14.1. The lowest BCUT2D eigenvalue weighted by atomic mass is 10.1. The maximum atomic E-state index is 9.75. The van der Waals surface area contributed by atoms with Crippen LogP contribution in [0.1, 0.15) is 29.7 Å². The summed E-state index contributed by atoms with van der Waals surface area (Å²) in [5.74, 6) is 0.715. The lowest BCUT2D eigenvalue weighted by Gasteiger charge is -2.14. The van der Waals surface area contributed by atoms with E-state index in [1.807, 2.05) is 30.3 Å². The van der Waals surface area contributed by atoms with Crippen molar-refractivity contribution in [3.05, 3.63) is 63.6 Å². The summed E-state index contributed by atoms with van der Waals surface area (Å²) in [7, 11) is 0. The fourth-order valence-corrected chi connectivity index (χ4v) is 2.25. The zero-order valence-electron chi connectivity index (χ0n) is 11.1. The molecule has 0 heterocycles. The van der Waals surface area contributed by atoms with Gasteiger partial charge < -0.3 is 9.84 Å². The van der Waals surface area contributed by atoms with Crippen molar-refractivity contribution in [2.75, 3.05) is 0 Å². The molecule has 19 heavy (non-hydrogen) atoms. The maximum Gasteiger partial charge on any atom is 0.126 e. The molecule has 0 aliphatic heterocycles. The second kappa shape index (κ2) is 6.22. The molecule has 0 amide bonds. The standard InChI is InChI=1S/C16H17BrO2/c1-11-5-3-4-6-13(11)10-19-16-9-14(17)7-8-15(16)12(2)18/h3-9,12,18H,10H2,1-2H3/t12-/m1/s1. The molecule has 0 aromatic heterocycles. The van der Waals surface area contributed by atoms with Crippen LogP contribution in [0.25, 0.3) is 0 Å². The van der Waals surface area contributed by atoms with Crippen molar-refractivity contribution in [1.29, 1.82) is 0 Å². The van der Waals surface area contributed by atoms with E-state index in [1.54, 1.807) is 6.92 Å². The van der Waals surface area contributed by atoms with E-state index in [1.165, 1.54) is 5.56 Å². The Labute approximate surface area is 122 Å². The van der Waals surface area contributed by atoms with Crippen molar-refractivity contribution in [1.82, 2.24) is 0 Å². The van der Waals surface area contributed by atoms with Crippen LogP contribution >= 0.6 is 15.9 Å². The van der Waals surface area contributed by atoms with Gasteiger partial charge in [0.1, 0.15) is 12.4 Å². The van der Waals surface area contributed by atoms with Crippen molar-refractivity contribution in [2.45, 2.75) is 26.6 Å². The van der Waals surface area contributed by atoms with Crippen LogP contribution in [0, 0.1) is 6.92 Å². The highest BCUT2D eigenvalue weighted by Gasteiger charge is 2.10. The number of hydrogen-bond donors (Lipinski definition) is 1. The molecule has 1 N–H and O–H groups in total. The van der Waals surface area contributed by atoms with Crippen molar-refractivity contribution >= 4 is 15.9 Å². The van der Waals surface area contributed by atoms with Gasteiger partial charge in [-0.1, -0.05) is 46.3 Å². The van der Waals surface area contributed by atoms with Crippen LogP contribution in [-0.2, 0) is 6.61 Å². The first-order valence-electron chi connectivity index (χ1n) is 6.22. The number of aliphatic hydroxyl groups excluding tert-OH is 1. The molecule has 0 fully saturated rings. The molecule has 2 nitrogen and oxygen atoms in total. The molecule has 0 saturated carbocycles. The molecule has 0 unspecified atom stereocenters. The topological polar surface area (TPSA) is 29.5 Å². The minimum atomic E-state index is -0.542. The van der Waals surface area contributed by atoms with Gasteiger partial charge in [0.05, 0.1) is 6.10 Å². The Kier molecular flexibility index (Phi) is 4.61. The SMILES string of the molecule is Cc1ccccc1COc1cc(Br)ccc1[C@@H](C)O. The van der Waals surface area contributed by atoms with Gasteiger partial charge in [0.25, 0.3) is 0 Å². The number of aliphatic hydroxyl groups is 1. The summed E-state index contributed by atoms with van der Waals surface area (Å²) in [4.78, 5) is 0. The quantitative estimate of drug-likeness (QED) is 0.905. The predicted octanol–water partition coefficient (Wildman–Crippen LogP) is 4.39. The number of hydrogen-bond acceptors (Lipinski definition) is 2. The van der Waals surface area contributed by atoms with E-state index in [0.717, 1.165) is 15.6 Å². The Balaban J connectivity index is 2.19. The Morgan fingerprint density at radius 1 is 1.21 bits per heavy atom. The number of aryl methyl sites for hydroxylation is 1. The fraction of sp³-hybridized carbons (Fsp3) is 0.250. The van der Waals surface area contributed by atoms with Gasteiger partial charge >= 0.3 is 0 Å². The molecular weight excluding hydrogens is 304 g/mol. The average Bonchev–Trinajstić information content (AvgIpc) is 2.37. The lowest BCUT2D eigenvalue weighted by Crippen LogP contribution is -2.02. The van der Waals surface area contributed by atoms with E-state index in [0.29, 0.717) is 12.4 Å². The van der Waals surface area contributed by atoms with Crippen molar-refractivity contribution in [2.24, 2.45) is 0 Å². The summed E-state index contributed by atoms with van der Waals surface area (Å²) in [6.45, 7) is 4.31. The number of benzene rings is 2. The summed E-state index contributed by atoms with van der Waals surface area (Å²) in [6.07, 6.45) is -0.542. The van der Waals surface area contributed by atoms with Crippen LogP contribution in [0.3, 0.4) is 0 Å². The van der Waals surface area contributed by atoms with Gasteiger partial charge in [0, 0.05) is 10.0 Å². The van der Waals surface area contributed by atoms with Gasteiger partial charge in [-0.05, 0) is 37.1 Å². The molecule has 0 spiro atoms. The minimum absolute atomic E-state index is 0.503. The molecule has 0 radical (unpaired) electrons. The molecule has 2 aromatic rings. The molecule has 0 aliphatic carbocycles. The molecule has 100 valence electrons. The van der Waals surface area contributed by atoms with E-state index in [4.69, 9.17) is 4.74 Å². The van der Waals surface area contributed by atoms with E-state index >= 15 is 0 Å². The van der Waals surface area contributed by atoms with Gasteiger partial charge in [-0.25, -0.2) is 0 Å². The normalized spacial score (nSPS) is 12.2. The first-order chi connectivity index (χ1) is 9.08. The zero-order valence-corrected chi connectivity index (χ0v) is 12.6. The van der Waals surface area contributed by atoms with Crippen LogP contribution < -0.4 is 4.74 Å². The molecule has 1 atom stereocenters. The molecule has 2 aromatic carbocycles. The van der Waals surface area contributed by atoms with Gasteiger partial charge in [-0.3, -0.25) is 0 Å². The Morgan fingerprint density at radius 3 is 2.63 bits per heavy atom. The minimum Gasteiger partial charge on any atom is -0.488 e. The van der Waals surface area contributed by atoms with Crippen LogP contribution in [0.5, 0.6) is 5.75 Å². The highest BCUT2D eigenvalue weighted by molar-refractivity contribution is 9.10. The first-order valence-corrected chi connectivity index (χ1v) is 7.02. The summed E-state index contributed by atoms with van der Waals surface area (Å²) in [5, 5.41) is 9.75. The Bertz CT molecular complexity index is 564. The fourth-order valence-electron chi connectivity index (χ4n) is 1.91. The van der Waals surface area contributed by atoms with Crippen LogP contribution in [-0.4, -0.2) is 5.11 Å². The summed E-state index contributed by atoms with van der Waals surface area (Å²) in [6, 6.07) is 13.8. The lowest BCUT2D eigenvalue weighted by molar-refractivity contribution is 0.190. The van der Waals surface area contributed by atoms with Gasteiger partial charge in [-0.15, -0.1) is 0 Å². The molecule has 0 bridgehead atoms. The summed E-state index contributed by atoms with van der Waals surface area (Å²) < 4.78 is 6.80. The largest absolute Gasteiger partial charge is 0.488 e. The summed E-state index contributed by atoms with van der Waals surface area (Å²) in [5.41, 5.74) is 3.16. The number of ether oxygens (including phenoxy) is 1. The maximum absolute atomic E-state index is 9.75. The average molecular weight is 321 g/mol. The van der Waals surface area contributed by atoms with Crippen LogP contribution in [0.4, 0.5) is 0 Å². The monoisotopic (exact) mass is 320 g/mol. The predicted molar refractivity (Wildman–Crippen MR) is 80.3 cm³/mol. The summed E-state index contributed by atoms with van der Waals surface area (Å²) >= 11 is 3.42. The van der Waals surface area contributed by atoms with Crippen LogP contribution in [0.15, 0.2) is 46.9 Å². The third-order valence-electron chi connectivity index (χ3n) is 3.07. The second-order valence-electron chi connectivity index (χ2n) is 4.57. The number of rotatable bonds is 4. The van der Waals surface area contributed by atoms with Gasteiger partial charge in [-0.2, -0.15) is 0 Å². The third-order valence-corrected chi connectivity index (χ3v) is 3.56. The molecule has 3 heteroatoms. The van der Waals surface area contributed by atoms with Crippen molar-refractivity contribution < 1.29 is 9.84 Å². The third kappa shape index (κ3) is 3.58. The van der Waals surface area contributed by atoms with E-state index in [9.17, 15) is 5.11 Å². The van der Waals surface area contributed by atoms with Gasteiger partial charge in [0.15, 0.2) is 0 Å². The zero-order chi connectivity index (χ0) is 13.8. The molecule has 2 rings (SSSR count). The van der Waals surface area contributed by atoms with Gasteiger partial charge in [0.2, 0.25) is 0 Å².